The molecular formula is C21H33N3O3. The topological polar surface area (TPSA) is 72.9 Å². The number of hydrogen-bond donors (Lipinski definition) is 2. The van der Waals surface area contributed by atoms with Crippen LogP contribution in [0.5, 0.6) is 0 Å². The standard InChI is InChI=1S/C21H33N3O3/c1-14(2)19(22-20(26)18-8-6-15(3)7-9-18)21(27)24-11-10-23(13-17(5)25)16(4)12-24/h6-9,14,16-17,19,25H,10-13H2,1-5H3,(H,22,26). The molecule has 0 bridgehead atoms. The van der Waals surface area contributed by atoms with Crippen molar-refractivity contribution in [3.63, 3.8) is 0 Å². The normalized spacial score (nSPS) is 20.4. The van der Waals surface area contributed by atoms with Crippen LogP contribution in [0.1, 0.15) is 43.6 Å². The van der Waals surface area contributed by atoms with Crippen molar-refractivity contribution < 1.29 is 14.7 Å². The molecule has 150 valence electrons. The zero-order valence-electron chi connectivity index (χ0n) is 17.1. The van der Waals surface area contributed by atoms with Gasteiger partial charge in [0.2, 0.25) is 5.91 Å². The molecule has 27 heavy (non-hydrogen) atoms. The second kappa shape index (κ2) is 9.33. The van der Waals surface area contributed by atoms with Crippen LogP contribution in [0.15, 0.2) is 24.3 Å². The van der Waals surface area contributed by atoms with E-state index in [0.29, 0.717) is 25.2 Å². The van der Waals surface area contributed by atoms with E-state index < -0.39 is 6.04 Å². The van der Waals surface area contributed by atoms with Crippen molar-refractivity contribution in [3.8, 4) is 0 Å². The van der Waals surface area contributed by atoms with Crippen molar-refractivity contribution in [3.05, 3.63) is 35.4 Å². The Morgan fingerprint density at radius 3 is 2.33 bits per heavy atom. The van der Waals surface area contributed by atoms with Crippen LogP contribution in [0.25, 0.3) is 0 Å². The molecule has 3 atom stereocenters. The van der Waals surface area contributed by atoms with E-state index in [2.05, 4.69) is 17.1 Å². The monoisotopic (exact) mass is 375 g/mol. The van der Waals surface area contributed by atoms with Crippen molar-refractivity contribution in [1.29, 1.82) is 0 Å². The first kappa shape index (κ1) is 21.4. The Morgan fingerprint density at radius 2 is 1.81 bits per heavy atom. The molecule has 6 heteroatoms. The SMILES string of the molecule is Cc1ccc(C(=O)NC(C(=O)N2CCN(CC(C)O)C(C)C2)C(C)C)cc1. The maximum atomic E-state index is 13.1. The first-order valence-electron chi connectivity index (χ1n) is 9.77. The Balaban J connectivity index is 2.02. The number of hydrogen-bond acceptors (Lipinski definition) is 4. The van der Waals surface area contributed by atoms with Gasteiger partial charge >= 0.3 is 0 Å². The summed E-state index contributed by atoms with van der Waals surface area (Å²) in [5, 5.41) is 12.5. The third-order valence-corrected chi connectivity index (χ3v) is 5.11. The molecule has 1 fully saturated rings. The van der Waals surface area contributed by atoms with Crippen molar-refractivity contribution >= 4 is 11.8 Å². The van der Waals surface area contributed by atoms with Crippen LogP contribution in [0.2, 0.25) is 0 Å². The molecule has 0 aliphatic carbocycles. The van der Waals surface area contributed by atoms with E-state index in [0.717, 1.165) is 12.1 Å². The summed E-state index contributed by atoms with van der Waals surface area (Å²) in [5.74, 6) is -0.255. The molecule has 1 aliphatic rings. The van der Waals surface area contributed by atoms with Crippen LogP contribution in [0.4, 0.5) is 0 Å². The Morgan fingerprint density at radius 1 is 1.19 bits per heavy atom. The highest BCUT2D eigenvalue weighted by molar-refractivity contribution is 5.97. The summed E-state index contributed by atoms with van der Waals surface area (Å²) in [6, 6.07) is 6.98. The van der Waals surface area contributed by atoms with Gasteiger partial charge < -0.3 is 15.3 Å². The van der Waals surface area contributed by atoms with E-state index in [4.69, 9.17) is 0 Å². The molecule has 2 N–H and O–H groups in total. The van der Waals surface area contributed by atoms with Crippen LogP contribution in [0.3, 0.4) is 0 Å². The number of amides is 2. The van der Waals surface area contributed by atoms with Gasteiger partial charge in [-0.25, -0.2) is 0 Å². The molecule has 1 aliphatic heterocycles. The van der Waals surface area contributed by atoms with Gasteiger partial charge in [-0.3, -0.25) is 14.5 Å². The quantitative estimate of drug-likeness (QED) is 0.793. The molecule has 3 unspecified atom stereocenters. The lowest BCUT2D eigenvalue weighted by Crippen LogP contribution is -2.59. The Kier molecular flexibility index (Phi) is 7.39. The minimum atomic E-state index is -0.547. The molecule has 2 rings (SSSR count). The van der Waals surface area contributed by atoms with E-state index in [1.54, 1.807) is 19.1 Å². The fourth-order valence-electron chi connectivity index (χ4n) is 3.45. The number of carbonyl (C=O) groups excluding carboxylic acids is 2. The van der Waals surface area contributed by atoms with Gasteiger partial charge in [-0.2, -0.15) is 0 Å². The van der Waals surface area contributed by atoms with Gasteiger partial charge in [0.25, 0.3) is 5.91 Å². The number of aliphatic hydroxyl groups excluding tert-OH is 1. The van der Waals surface area contributed by atoms with Crippen LogP contribution in [0, 0.1) is 12.8 Å². The van der Waals surface area contributed by atoms with Crippen molar-refractivity contribution in [2.24, 2.45) is 5.92 Å². The molecular weight excluding hydrogens is 342 g/mol. The number of nitrogens with one attached hydrogen (secondary N) is 1. The minimum absolute atomic E-state index is 0.00213. The van der Waals surface area contributed by atoms with Gasteiger partial charge in [0.05, 0.1) is 6.10 Å². The number of benzene rings is 1. The van der Waals surface area contributed by atoms with E-state index in [9.17, 15) is 14.7 Å². The predicted molar refractivity (Wildman–Crippen MR) is 107 cm³/mol. The smallest absolute Gasteiger partial charge is 0.251 e. The number of piperazine rings is 1. The largest absolute Gasteiger partial charge is 0.392 e. The average Bonchev–Trinajstić information content (AvgIpc) is 2.60. The second-order valence-electron chi connectivity index (χ2n) is 8.04. The van der Waals surface area contributed by atoms with Crippen LogP contribution < -0.4 is 5.32 Å². The lowest BCUT2D eigenvalue weighted by atomic mass is 10.0. The lowest BCUT2D eigenvalue weighted by Gasteiger charge is -2.41. The zero-order valence-corrected chi connectivity index (χ0v) is 17.1. The summed E-state index contributed by atoms with van der Waals surface area (Å²) >= 11 is 0. The highest BCUT2D eigenvalue weighted by Crippen LogP contribution is 2.15. The summed E-state index contributed by atoms with van der Waals surface area (Å²) in [4.78, 5) is 29.7. The molecule has 1 heterocycles. The lowest BCUT2D eigenvalue weighted by molar-refractivity contribution is -0.137. The minimum Gasteiger partial charge on any atom is -0.392 e. The number of rotatable bonds is 6. The van der Waals surface area contributed by atoms with Crippen LogP contribution in [-0.2, 0) is 4.79 Å². The molecule has 1 aromatic rings. The maximum absolute atomic E-state index is 13.1. The van der Waals surface area contributed by atoms with Crippen molar-refractivity contribution in [2.45, 2.75) is 52.8 Å². The number of aryl methyl sites for hydroxylation is 1. The predicted octanol–water partition coefficient (Wildman–Crippen LogP) is 1.66. The molecule has 6 nitrogen and oxygen atoms in total. The fourth-order valence-corrected chi connectivity index (χ4v) is 3.45. The van der Waals surface area contributed by atoms with Crippen LogP contribution >= 0.6 is 0 Å². The molecule has 0 spiro atoms. The Labute approximate surface area is 162 Å². The van der Waals surface area contributed by atoms with E-state index in [-0.39, 0.29) is 29.9 Å². The molecule has 1 aromatic carbocycles. The Bertz CT molecular complexity index is 643. The van der Waals surface area contributed by atoms with Gasteiger partial charge in [-0.15, -0.1) is 0 Å². The summed E-state index contributed by atoms with van der Waals surface area (Å²) in [5.41, 5.74) is 1.65. The highest BCUT2D eigenvalue weighted by Gasteiger charge is 2.33. The first-order chi connectivity index (χ1) is 12.7. The molecule has 2 amide bonds. The highest BCUT2D eigenvalue weighted by atomic mass is 16.3. The maximum Gasteiger partial charge on any atom is 0.251 e. The van der Waals surface area contributed by atoms with Gasteiger partial charge in [-0.05, 0) is 38.8 Å². The summed E-state index contributed by atoms with van der Waals surface area (Å²) in [6.45, 7) is 12.3. The van der Waals surface area contributed by atoms with Crippen LogP contribution in [-0.4, -0.2) is 71.1 Å². The molecule has 0 radical (unpaired) electrons. The molecule has 0 saturated carbocycles. The number of aliphatic hydroxyl groups is 1. The third-order valence-electron chi connectivity index (χ3n) is 5.11. The second-order valence-corrected chi connectivity index (χ2v) is 8.04. The van der Waals surface area contributed by atoms with E-state index in [1.807, 2.05) is 37.8 Å². The van der Waals surface area contributed by atoms with Crippen molar-refractivity contribution in [1.82, 2.24) is 15.1 Å². The van der Waals surface area contributed by atoms with Gasteiger partial charge in [-0.1, -0.05) is 31.5 Å². The third kappa shape index (κ3) is 5.78. The van der Waals surface area contributed by atoms with Gasteiger partial charge in [0.15, 0.2) is 0 Å². The molecule has 0 aromatic heterocycles. The average molecular weight is 376 g/mol. The summed E-state index contributed by atoms with van der Waals surface area (Å²) in [6.07, 6.45) is -0.382. The number of β-amino-alcohol motifs (C(OH)–C–C–N with tert-alkyl or cyclic N) is 1. The fraction of sp³-hybridized carbons (Fsp3) is 0.619. The zero-order chi connectivity index (χ0) is 20.1. The number of nitrogens with zero attached hydrogens (tertiary/aromatic N) is 2. The Hall–Kier alpha value is -1.92. The van der Waals surface area contributed by atoms with Gasteiger partial charge in [0.1, 0.15) is 6.04 Å². The van der Waals surface area contributed by atoms with E-state index >= 15 is 0 Å². The first-order valence-corrected chi connectivity index (χ1v) is 9.77. The molecule has 1 saturated heterocycles. The van der Waals surface area contributed by atoms with Gasteiger partial charge in [0, 0.05) is 37.8 Å². The summed E-state index contributed by atoms with van der Waals surface area (Å²) < 4.78 is 0. The number of carbonyl (C=O) groups is 2. The van der Waals surface area contributed by atoms with Crippen molar-refractivity contribution in [2.75, 3.05) is 26.2 Å². The summed E-state index contributed by atoms with van der Waals surface area (Å²) in [7, 11) is 0. The van der Waals surface area contributed by atoms with E-state index in [1.165, 1.54) is 0 Å².